The second-order valence-corrected chi connectivity index (χ2v) is 1.65. The summed E-state index contributed by atoms with van der Waals surface area (Å²) < 4.78 is 12.3. The summed E-state index contributed by atoms with van der Waals surface area (Å²) in [5, 5.41) is 8.47. The Bertz CT molecular complexity index is 196. The summed E-state index contributed by atoms with van der Waals surface area (Å²) in [5.41, 5.74) is 0.246. The lowest BCUT2D eigenvalue weighted by molar-refractivity contribution is 0.335. The molecule has 68 valence electrons. The molecular weight excluding hydrogens is 155 g/mol. The smallest absolute Gasteiger partial charge is 0.119 e. The fourth-order valence-electron chi connectivity index (χ4n) is 0.383. The molecule has 0 bridgehead atoms. The van der Waals surface area contributed by atoms with Gasteiger partial charge in [-0.2, -0.15) is 0 Å². The van der Waals surface area contributed by atoms with Crippen molar-refractivity contribution >= 4 is 0 Å². The number of aliphatic hydroxyl groups is 1. The molecule has 1 N–H and O–H groups in total. The highest BCUT2D eigenvalue weighted by Gasteiger charge is 1.90. The Morgan fingerprint density at radius 2 is 2.08 bits per heavy atom. The molecule has 0 aromatic carbocycles. The maximum atomic E-state index is 12.3. The van der Waals surface area contributed by atoms with Gasteiger partial charge in [0.15, 0.2) is 0 Å². The van der Waals surface area contributed by atoms with Crippen LogP contribution in [0.2, 0.25) is 0 Å². The molecule has 0 unspecified atom stereocenters. The number of halogens is 1. The van der Waals surface area contributed by atoms with Crippen molar-refractivity contribution in [1.29, 1.82) is 0 Å². The van der Waals surface area contributed by atoms with Gasteiger partial charge in [-0.05, 0) is 13.0 Å². The highest BCUT2D eigenvalue weighted by Crippen LogP contribution is 2.01. The normalized spacial score (nSPS) is 11.3. The fraction of sp³-hybridized carbons (Fsp3) is 0.400. The van der Waals surface area contributed by atoms with Crippen LogP contribution >= 0.6 is 0 Å². The fourth-order valence-corrected chi connectivity index (χ4v) is 0.383. The molecule has 0 heterocycles. The summed E-state index contributed by atoms with van der Waals surface area (Å²) in [6, 6.07) is 0. The minimum atomic E-state index is -0.429. The summed E-state index contributed by atoms with van der Waals surface area (Å²) >= 11 is 0. The molecule has 0 saturated carbocycles. The Kier molecular flexibility index (Phi) is 11.2. The van der Waals surface area contributed by atoms with Crippen LogP contribution in [0.3, 0.4) is 0 Å². The zero-order chi connectivity index (χ0) is 9.98. The third kappa shape index (κ3) is 7.04. The molecule has 1 nitrogen and oxygen atoms in total. The van der Waals surface area contributed by atoms with Crippen molar-refractivity contribution in [3.05, 3.63) is 23.6 Å². The van der Waals surface area contributed by atoms with E-state index in [0.29, 0.717) is 0 Å². The maximum Gasteiger partial charge on any atom is 0.119 e. The first kappa shape index (κ1) is 13.5. The quantitative estimate of drug-likeness (QED) is 0.498. The summed E-state index contributed by atoms with van der Waals surface area (Å²) in [7, 11) is 0. The van der Waals surface area contributed by atoms with Crippen molar-refractivity contribution in [2.75, 3.05) is 6.61 Å². The zero-order valence-corrected chi connectivity index (χ0v) is 7.76. The van der Waals surface area contributed by atoms with E-state index in [1.165, 1.54) is 6.08 Å². The molecule has 0 aromatic rings. The molecule has 0 fully saturated rings. The van der Waals surface area contributed by atoms with Gasteiger partial charge in [0.05, 0.1) is 6.61 Å². The topological polar surface area (TPSA) is 20.2 Å². The van der Waals surface area contributed by atoms with Crippen molar-refractivity contribution in [2.45, 2.75) is 20.8 Å². The molecule has 0 saturated heterocycles. The van der Waals surface area contributed by atoms with Crippen LogP contribution in [0.15, 0.2) is 23.6 Å². The van der Waals surface area contributed by atoms with Crippen molar-refractivity contribution in [2.24, 2.45) is 0 Å². The molecule has 0 atom stereocenters. The minimum Gasteiger partial charge on any atom is -0.391 e. The molecule has 0 aromatic heterocycles. The first-order valence-electron chi connectivity index (χ1n) is 3.84. The Morgan fingerprint density at radius 3 is 2.33 bits per heavy atom. The monoisotopic (exact) mass is 170 g/mol. The van der Waals surface area contributed by atoms with Gasteiger partial charge < -0.3 is 5.11 Å². The zero-order valence-electron chi connectivity index (χ0n) is 7.76. The highest BCUT2D eigenvalue weighted by molar-refractivity contribution is 5.31. The van der Waals surface area contributed by atoms with Gasteiger partial charge in [-0.1, -0.05) is 25.8 Å². The second-order valence-electron chi connectivity index (χ2n) is 1.65. The number of aliphatic hydroxyl groups excluding tert-OH is 1. The van der Waals surface area contributed by atoms with Crippen LogP contribution in [0.25, 0.3) is 0 Å². The summed E-state index contributed by atoms with van der Waals surface area (Å²) in [6.07, 6.45) is 7.31. The van der Waals surface area contributed by atoms with Gasteiger partial charge >= 0.3 is 0 Å². The molecule has 2 heteroatoms. The van der Waals surface area contributed by atoms with E-state index in [1.807, 2.05) is 13.8 Å². The van der Waals surface area contributed by atoms with Gasteiger partial charge in [-0.25, -0.2) is 4.39 Å². The Balaban J connectivity index is 0. The van der Waals surface area contributed by atoms with Gasteiger partial charge in [0.2, 0.25) is 0 Å². The molecule has 0 aliphatic heterocycles. The lowest BCUT2D eigenvalue weighted by atomic mass is 10.2. The van der Waals surface area contributed by atoms with E-state index >= 15 is 0 Å². The van der Waals surface area contributed by atoms with Crippen molar-refractivity contribution in [3.8, 4) is 12.3 Å². The first-order valence-corrected chi connectivity index (χ1v) is 3.84. The number of allylic oxidation sites excluding steroid dienone is 3. The van der Waals surface area contributed by atoms with E-state index in [-0.39, 0.29) is 12.2 Å². The molecule has 0 aliphatic carbocycles. The predicted molar refractivity (Wildman–Crippen MR) is 50.2 cm³/mol. The Morgan fingerprint density at radius 1 is 1.58 bits per heavy atom. The lowest BCUT2D eigenvalue weighted by Gasteiger charge is -1.89. The van der Waals surface area contributed by atoms with Gasteiger partial charge in [0.25, 0.3) is 0 Å². The molecule has 0 spiro atoms. The van der Waals surface area contributed by atoms with E-state index in [0.717, 1.165) is 6.08 Å². The average molecular weight is 170 g/mol. The highest BCUT2D eigenvalue weighted by atomic mass is 19.1. The summed E-state index contributed by atoms with van der Waals surface area (Å²) in [6.45, 7) is 5.26. The van der Waals surface area contributed by atoms with Gasteiger partial charge in [-0.3, -0.25) is 0 Å². The predicted octanol–water partition coefficient (Wildman–Crippen LogP) is 2.44. The van der Waals surface area contributed by atoms with Crippen LogP contribution in [0.1, 0.15) is 20.8 Å². The molecule has 0 radical (unpaired) electrons. The van der Waals surface area contributed by atoms with E-state index in [4.69, 9.17) is 11.5 Å². The molecule has 0 aliphatic rings. The SMILES string of the molecule is C#C/C(=C\C(F)=C/C)CO.CC. The third-order valence-electron chi connectivity index (χ3n) is 0.944. The van der Waals surface area contributed by atoms with Crippen molar-refractivity contribution in [3.63, 3.8) is 0 Å². The van der Waals surface area contributed by atoms with E-state index in [2.05, 4.69) is 5.92 Å². The van der Waals surface area contributed by atoms with E-state index in [1.54, 1.807) is 6.92 Å². The van der Waals surface area contributed by atoms with Crippen LogP contribution < -0.4 is 0 Å². The van der Waals surface area contributed by atoms with Gasteiger partial charge in [0, 0.05) is 5.57 Å². The summed E-state index contributed by atoms with van der Waals surface area (Å²) in [5.74, 6) is 1.72. The first-order chi connectivity index (χ1) is 5.74. The molecule has 12 heavy (non-hydrogen) atoms. The van der Waals surface area contributed by atoms with Crippen LogP contribution in [0, 0.1) is 12.3 Å². The van der Waals surface area contributed by atoms with E-state index in [9.17, 15) is 4.39 Å². The number of hydrogen-bond acceptors (Lipinski definition) is 1. The van der Waals surface area contributed by atoms with Gasteiger partial charge in [0.1, 0.15) is 5.83 Å². The third-order valence-corrected chi connectivity index (χ3v) is 0.944. The number of hydrogen-bond donors (Lipinski definition) is 1. The standard InChI is InChI=1S/C8H9FO.C2H6/c1-3-7(6-10)5-8(9)4-2;1-2/h1,4-5,10H,6H2,2H3;1-2H3/b7-5+,8-4+;. The van der Waals surface area contributed by atoms with Gasteiger partial charge in [-0.15, -0.1) is 6.42 Å². The lowest BCUT2D eigenvalue weighted by Crippen LogP contribution is -1.85. The number of terminal acetylenes is 1. The second kappa shape index (κ2) is 9.93. The van der Waals surface area contributed by atoms with Crippen LogP contribution in [-0.4, -0.2) is 11.7 Å². The average Bonchev–Trinajstić information content (AvgIpc) is 2.16. The van der Waals surface area contributed by atoms with Crippen LogP contribution in [0.4, 0.5) is 4.39 Å². The molecular formula is C10H15FO. The van der Waals surface area contributed by atoms with Crippen LogP contribution in [-0.2, 0) is 0 Å². The largest absolute Gasteiger partial charge is 0.391 e. The minimum absolute atomic E-state index is 0.246. The maximum absolute atomic E-state index is 12.3. The Hall–Kier alpha value is -1.07. The molecule has 0 rings (SSSR count). The molecule has 0 amide bonds. The van der Waals surface area contributed by atoms with Crippen LogP contribution in [0.5, 0.6) is 0 Å². The summed E-state index contributed by atoms with van der Waals surface area (Å²) in [4.78, 5) is 0. The Labute approximate surface area is 73.6 Å². The number of rotatable bonds is 2. The van der Waals surface area contributed by atoms with E-state index < -0.39 is 5.83 Å². The van der Waals surface area contributed by atoms with Crippen molar-refractivity contribution < 1.29 is 9.50 Å². The van der Waals surface area contributed by atoms with Crippen molar-refractivity contribution in [1.82, 2.24) is 0 Å².